The third kappa shape index (κ3) is 5.52. The molecule has 1 unspecified atom stereocenters. The average Bonchev–Trinajstić information content (AvgIpc) is 2.46. The van der Waals surface area contributed by atoms with Crippen LogP contribution in [0, 0.1) is 19.8 Å². The highest BCUT2D eigenvalue weighted by atomic mass is 16.5. The molecule has 1 rings (SSSR count). The van der Waals surface area contributed by atoms with Crippen molar-refractivity contribution in [1.29, 1.82) is 0 Å². The summed E-state index contributed by atoms with van der Waals surface area (Å²) in [5, 5.41) is 3.01. The second kappa shape index (κ2) is 9.07. The average molecular weight is 335 g/mol. The van der Waals surface area contributed by atoms with E-state index in [1.165, 1.54) is 0 Å². The molecule has 4 nitrogen and oxygen atoms in total. The summed E-state index contributed by atoms with van der Waals surface area (Å²) >= 11 is 0. The van der Waals surface area contributed by atoms with Crippen LogP contribution in [0.1, 0.15) is 58.6 Å². The highest BCUT2D eigenvalue weighted by molar-refractivity contribution is 5.97. The molecular formula is C20H33NO3. The minimum atomic E-state index is -0.794. The lowest BCUT2D eigenvalue weighted by molar-refractivity contribution is -0.139. The molecule has 1 N–H and O–H groups in total. The second-order valence-electron chi connectivity index (χ2n) is 7.01. The van der Waals surface area contributed by atoms with E-state index in [0.717, 1.165) is 29.0 Å². The number of hydrogen-bond acceptors (Lipinski definition) is 3. The number of hydrogen-bond donors (Lipinski definition) is 1. The molecule has 0 heterocycles. The molecule has 0 spiro atoms. The van der Waals surface area contributed by atoms with Crippen molar-refractivity contribution in [3.63, 3.8) is 0 Å². The van der Waals surface area contributed by atoms with Crippen LogP contribution in [0.15, 0.2) is 12.1 Å². The molecule has 0 aliphatic carbocycles. The standard InChI is InChI=1S/C20H33NO3/c1-8-10-20(7,24-9-2)19(22)21-17-11-15(5)18(16(6)12-17)23-13-14(3)4/h11-12,14H,8-10,13H2,1-7H3,(H,21,22). The van der Waals surface area contributed by atoms with E-state index in [-0.39, 0.29) is 5.91 Å². The molecule has 0 fully saturated rings. The van der Waals surface area contributed by atoms with E-state index >= 15 is 0 Å². The zero-order valence-corrected chi connectivity index (χ0v) is 16.3. The maximum absolute atomic E-state index is 12.7. The second-order valence-corrected chi connectivity index (χ2v) is 7.01. The minimum Gasteiger partial charge on any atom is -0.493 e. The fraction of sp³-hybridized carbons (Fsp3) is 0.650. The van der Waals surface area contributed by atoms with Gasteiger partial charge < -0.3 is 14.8 Å². The van der Waals surface area contributed by atoms with Gasteiger partial charge in [-0.05, 0) is 63.3 Å². The van der Waals surface area contributed by atoms with Crippen LogP contribution < -0.4 is 10.1 Å². The molecule has 1 atom stereocenters. The van der Waals surface area contributed by atoms with Crippen LogP contribution in [-0.2, 0) is 9.53 Å². The first-order valence-electron chi connectivity index (χ1n) is 8.93. The first-order valence-corrected chi connectivity index (χ1v) is 8.93. The Labute approximate surface area is 146 Å². The van der Waals surface area contributed by atoms with Crippen molar-refractivity contribution in [2.45, 2.75) is 66.9 Å². The summed E-state index contributed by atoms with van der Waals surface area (Å²) < 4.78 is 11.6. The molecule has 0 bridgehead atoms. The smallest absolute Gasteiger partial charge is 0.256 e. The van der Waals surface area contributed by atoms with Crippen molar-refractivity contribution in [1.82, 2.24) is 0 Å². The Morgan fingerprint density at radius 3 is 2.25 bits per heavy atom. The van der Waals surface area contributed by atoms with Crippen LogP contribution in [-0.4, -0.2) is 24.7 Å². The number of ether oxygens (including phenoxy) is 2. The molecule has 0 aromatic heterocycles. The highest BCUT2D eigenvalue weighted by Gasteiger charge is 2.33. The summed E-state index contributed by atoms with van der Waals surface area (Å²) in [4.78, 5) is 12.7. The number of anilines is 1. The van der Waals surface area contributed by atoms with Crippen molar-refractivity contribution in [2.24, 2.45) is 5.92 Å². The lowest BCUT2D eigenvalue weighted by atomic mass is 9.98. The Balaban J connectivity index is 2.93. The van der Waals surface area contributed by atoms with Gasteiger partial charge in [0.1, 0.15) is 11.4 Å². The fourth-order valence-corrected chi connectivity index (χ4v) is 2.81. The molecule has 1 amide bonds. The van der Waals surface area contributed by atoms with E-state index in [1.807, 2.05) is 39.8 Å². The summed E-state index contributed by atoms with van der Waals surface area (Å²) in [5.74, 6) is 1.28. The first kappa shape index (κ1) is 20.5. The molecule has 136 valence electrons. The lowest BCUT2D eigenvalue weighted by Crippen LogP contribution is -2.42. The predicted octanol–water partition coefficient (Wildman–Crippen LogP) is 4.87. The van der Waals surface area contributed by atoms with E-state index in [1.54, 1.807) is 0 Å². The Kier molecular flexibility index (Phi) is 7.74. The summed E-state index contributed by atoms with van der Waals surface area (Å²) in [6.07, 6.45) is 1.59. The Morgan fingerprint density at radius 2 is 1.79 bits per heavy atom. The quantitative estimate of drug-likeness (QED) is 0.700. The van der Waals surface area contributed by atoms with Gasteiger partial charge in [-0.1, -0.05) is 27.2 Å². The third-order valence-electron chi connectivity index (χ3n) is 3.95. The normalized spacial score (nSPS) is 13.7. The van der Waals surface area contributed by atoms with Crippen molar-refractivity contribution < 1.29 is 14.3 Å². The molecule has 0 saturated heterocycles. The Hall–Kier alpha value is -1.55. The molecule has 1 aromatic rings. The topological polar surface area (TPSA) is 47.6 Å². The maximum Gasteiger partial charge on any atom is 0.256 e. The van der Waals surface area contributed by atoms with Crippen molar-refractivity contribution in [3.05, 3.63) is 23.3 Å². The van der Waals surface area contributed by atoms with Crippen molar-refractivity contribution in [2.75, 3.05) is 18.5 Å². The molecule has 0 aliphatic heterocycles. The van der Waals surface area contributed by atoms with Gasteiger partial charge in [-0.15, -0.1) is 0 Å². The summed E-state index contributed by atoms with van der Waals surface area (Å²) in [6, 6.07) is 3.91. The van der Waals surface area contributed by atoms with E-state index in [2.05, 4.69) is 26.1 Å². The Morgan fingerprint density at radius 1 is 1.21 bits per heavy atom. The minimum absolute atomic E-state index is 0.0964. The zero-order chi connectivity index (χ0) is 18.3. The van der Waals surface area contributed by atoms with E-state index in [9.17, 15) is 4.79 Å². The van der Waals surface area contributed by atoms with Crippen LogP contribution in [0.2, 0.25) is 0 Å². The monoisotopic (exact) mass is 335 g/mol. The SMILES string of the molecule is CCCC(C)(OCC)C(=O)Nc1cc(C)c(OCC(C)C)c(C)c1. The molecule has 1 aromatic carbocycles. The van der Waals surface area contributed by atoms with Crippen LogP contribution in [0.3, 0.4) is 0 Å². The zero-order valence-electron chi connectivity index (χ0n) is 16.3. The van der Waals surface area contributed by atoms with Gasteiger partial charge in [-0.25, -0.2) is 0 Å². The van der Waals surface area contributed by atoms with Crippen LogP contribution in [0.25, 0.3) is 0 Å². The number of aryl methyl sites for hydroxylation is 2. The summed E-state index contributed by atoms with van der Waals surface area (Å²) in [5.41, 5.74) is 2.05. The van der Waals surface area contributed by atoms with Gasteiger partial charge in [-0.2, -0.15) is 0 Å². The molecule has 0 aliphatic rings. The van der Waals surface area contributed by atoms with Crippen molar-refractivity contribution in [3.8, 4) is 5.75 Å². The van der Waals surface area contributed by atoms with E-state index < -0.39 is 5.60 Å². The Bertz CT molecular complexity index is 523. The van der Waals surface area contributed by atoms with E-state index in [0.29, 0.717) is 25.6 Å². The third-order valence-corrected chi connectivity index (χ3v) is 3.95. The largest absolute Gasteiger partial charge is 0.493 e. The first-order chi connectivity index (χ1) is 11.2. The number of carbonyl (C=O) groups is 1. The van der Waals surface area contributed by atoms with Gasteiger partial charge in [0.15, 0.2) is 0 Å². The predicted molar refractivity (Wildman–Crippen MR) is 99.8 cm³/mol. The lowest BCUT2D eigenvalue weighted by Gasteiger charge is -2.28. The molecule has 0 radical (unpaired) electrons. The summed E-state index contributed by atoms with van der Waals surface area (Å²) in [7, 11) is 0. The summed E-state index contributed by atoms with van der Waals surface area (Å²) in [6.45, 7) is 15.3. The van der Waals surface area contributed by atoms with Gasteiger partial charge in [0, 0.05) is 12.3 Å². The van der Waals surface area contributed by atoms with Gasteiger partial charge >= 0.3 is 0 Å². The number of rotatable bonds is 9. The van der Waals surface area contributed by atoms with Gasteiger partial charge in [0.2, 0.25) is 0 Å². The number of amides is 1. The number of benzene rings is 1. The maximum atomic E-state index is 12.7. The van der Waals surface area contributed by atoms with Gasteiger partial charge in [0.25, 0.3) is 5.91 Å². The van der Waals surface area contributed by atoms with Crippen LogP contribution in [0.5, 0.6) is 5.75 Å². The van der Waals surface area contributed by atoms with Crippen molar-refractivity contribution >= 4 is 11.6 Å². The van der Waals surface area contributed by atoms with Gasteiger partial charge in [-0.3, -0.25) is 4.79 Å². The fourth-order valence-electron chi connectivity index (χ4n) is 2.81. The van der Waals surface area contributed by atoms with Crippen LogP contribution in [0.4, 0.5) is 5.69 Å². The number of carbonyl (C=O) groups excluding carboxylic acids is 1. The number of nitrogens with one attached hydrogen (secondary N) is 1. The molecular weight excluding hydrogens is 302 g/mol. The highest BCUT2D eigenvalue weighted by Crippen LogP contribution is 2.29. The molecule has 0 saturated carbocycles. The molecule has 24 heavy (non-hydrogen) atoms. The molecule has 4 heteroatoms. The van der Waals surface area contributed by atoms with E-state index in [4.69, 9.17) is 9.47 Å². The van der Waals surface area contributed by atoms with Crippen LogP contribution >= 0.6 is 0 Å². The van der Waals surface area contributed by atoms with Gasteiger partial charge in [0.05, 0.1) is 6.61 Å².